The molecule has 0 aliphatic carbocycles. The number of benzene rings is 3. The number of nitrogens with zero attached hydrogens (tertiary/aromatic N) is 1. The van der Waals surface area contributed by atoms with Gasteiger partial charge in [0.25, 0.3) is 11.1 Å². The van der Waals surface area contributed by atoms with Crippen LogP contribution in [-0.2, 0) is 17.8 Å². The number of carbonyl (C=O) groups excluding carboxylic acids is 2. The summed E-state index contributed by atoms with van der Waals surface area (Å²) >= 11 is 4.40. The van der Waals surface area contributed by atoms with Crippen LogP contribution in [0.3, 0.4) is 0 Å². The Bertz CT molecular complexity index is 1110. The summed E-state index contributed by atoms with van der Waals surface area (Å²) in [5.74, 6) is 0.412. The van der Waals surface area contributed by atoms with Crippen LogP contribution in [0.1, 0.15) is 16.7 Å². The maximum Gasteiger partial charge on any atom is 0.293 e. The Kier molecular flexibility index (Phi) is 6.89. The van der Waals surface area contributed by atoms with Crippen molar-refractivity contribution in [2.45, 2.75) is 13.0 Å². The van der Waals surface area contributed by atoms with E-state index in [1.807, 2.05) is 78.9 Å². The van der Waals surface area contributed by atoms with Gasteiger partial charge in [-0.2, -0.15) is 0 Å². The van der Waals surface area contributed by atoms with Gasteiger partial charge in [0, 0.05) is 16.6 Å². The summed E-state index contributed by atoms with van der Waals surface area (Å²) in [5.41, 5.74) is 2.91. The number of thioether (sulfide) groups is 1. The van der Waals surface area contributed by atoms with E-state index in [2.05, 4.69) is 15.9 Å². The van der Waals surface area contributed by atoms with E-state index in [-0.39, 0.29) is 11.1 Å². The first-order valence-electron chi connectivity index (χ1n) is 9.86. The molecule has 0 N–H and O–H groups in total. The first-order chi connectivity index (χ1) is 15.1. The Hall–Kier alpha value is -2.83. The molecule has 3 aromatic carbocycles. The molecule has 0 spiro atoms. The standard InChI is InChI=1S/C25H20BrNO3S/c26-21-12-10-19(11-13-21)17-30-22-9-5-4-8-20(22)16-23-24(28)27(25(29)31-23)15-14-18-6-2-1-3-7-18/h1-13,16H,14-15,17H2/b23-16-. The molecule has 6 heteroatoms. The molecule has 0 unspecified atom stereocenters. The zero-order valence-corrected chi connectivity index (χ0v) is 19.1. The maximum atomic E-state index is 12.8. The lowest BCUT2D eigenvalue weighted by atomic mass is 10.1. The van der Waals surface area contributed by atoms with Crippen LogP contribution in [0.25, 0.3) is 6.08 Å². The number of rotatable bonds is 7. The van der Waals surface area contributed by atoms with E-state index in [9.17, 15) is 9.59 Å². The van der Waals surface area contributed by atoms with Gasteiger partial charge in [-0.05, 0) is 53.6 Å². The van der Waals surface area contributed by atoms with Gasteiger partial charge in [-0.1, -0.05) is 76.6 Å². The smallest absolute Gasteiger partial charge is 0.293 e. The fraction of sp³-hybridized carbons (Fsp3) is 0.120. The van der Waals surface area contributed by atoms with E-state index >= 15 is 0 Å². The van der Waals surface area contributed by atoms with Crippen molar-refractivity contribution in [3.05, 3.63) is 105 Å². The second-order valence-corrected chi connectivity index (χ2v) is 8.93. The van der Waals surface area contributed by atoms with Gasteiger partial charge in [0.15, 0.2) is 0 Å². The quantitative estimate of drug-likeness (QED) is 0.362. The number of imide groups is 1. The van der Waals surface area contributed by atoms with E-state index in [4.69, 9.17) is 4.74 Å². The van der Waals surface area contributed by atoms with E-state index in [1.165, 1.54) is 4.90 Å². The predicted molar refractivity (Wildman–Crippen MR) is 128 cm³/mol. The molecule has 1 heterocycles. The minimum Gasteiger partial charge on any atom is -0.488 e. The fourth-order valence-electron chi connectivity index (χ4n) is 3.19. The van der Waals surface area contributed by atoms with Gasteiger partial charge in [-0.15, -0.1) is 0 Å². The third kappa shape index (κ3) is 5.46. The molecular weight excluding hydrogens is 474 g/mol. The number of halogens is 1. The highest BCUT2D eigenvalue weighted by atomic mass is 79.9. The Balaban J connectivity index is 1.46. The van der Waals surface area contributed by atoms with Crippen LogP contribution in [0.4, 0.5) is 4.79 Å². The first kappa shape index (κ1) is 21.4. The van der Waals surface area contributed by atoms with Gasteiger partial charge in [0.1, 0.15) is 12.4 Å². The van der Waals surface area contributed by atoms with Crippen molar-refractivity contribution in [3.63, 3.8) is 0 Å². The fourth-order valence-corrected chi connectivity index (χ4v) is 4.31. The Morgan fingerprint density at radius 2 is 1.58 bits per heavy atom. The molecule has 1 saturated heterocycles. The van der Waals surface area contributed by atoms with Gasteiger partial charge in [0.05, 0.1) is 4.91 Å². The minimum atomic E-state index is -0.256. The lowest BCUT2D eigenvalue weighted by molar-refractivity contribution is -0.122. The Morgan fingerprint density at radius 3 is 2.35 bits per heavy atom. The number of amides is 2. The van der Waals surface area contributed by atoms with Crippen LogP contribution in [0.2, 0.25) is 0 Å². The monoisotopic (exact) mass is 493 g/mol. The number of para-hydroxylation sites is 1. The minimum absolute atomic E-state index is 0.236. The molecule has 3 aromatic rings. The van der Waals surface area contributed by atoms with Crippen molar-refractivity contribution < 1.29 is 14.3 Å². The molecule has 4 rings (SSSR count). The molecule has 1 aliphatic rings. The molecule has 1 aliphatic heterocycles. The highest BCUT2D eigenvalue weighted by molar-refractivity contribution is 9.10. The third-order valence-corrected chi connectivity index (χ3v) is 6.29. The van der Waals surface area contributed by atoms with E-state index in [0.717, 1.165) is 32.9 Å². The van der Waals surface area contributed by atoms with Crippen molar-refractivity contribution in [2.24, 2.45) is 0 Å². The molecule has 0 bridgehead atoms. The summed E-state index contributed by atoms with van der Waals surface area (Å²) < 4.78 is 7.00. The summed E-state index contributed by atoms with van der Waals surface area (Å²) in [6, 6.07) is 25.3. The topological polar surface area (TPSA) is 46.6 Å². The molecular formula is C25H20BrNO3S. The molecule has 0 atom stereocenters. The Morgan fingerprint density at radius 1 is 0.871 bits per heavy atom. The van der Waals surface area contributed by atoms with Crippen LogP contribution in [0, 0.1) is 0 Å². The SMILES string of the molecule is O=C1S/C(=C\c2ccccc2OCc2ccc(Br)cc2)C(=O)N1CCc1ccccc1. The maximum absolute atomic E-state index is 12.8. The molecule has 31 heavy (non-hydrogen) atoms. The van der Waals surface area contributed by atoms with Crippen LogP contribution < -0.4 is 4.74 Å². The number of hydrogen-bond donors (Lipinski definition) is 0. The molecule has 0 aromatic heterocycles. The molecule has 0 radical (unpaired) electrons. The predicted octanol–water partition coefficient (Wildman–Crippen LogP) is 6.31. The Labute approximate surface area is 194 Å². The van der Waals surface area contributed by atoms with Crippen molar-refractivity contribution in [1.29, 1.82) is 0 Å². The highest BCUT2D eigenvalue weighted by Crippen LogP contribution is 2.34. The average molecular weight is 494 g/mol. The van der Waals surface area contributed by atoms with Gasteiger partial charge < -0.3 is 4.74 Å². The number of hydrogen-bond acceptors (Lipinski definition) is 4. The summed E-state index contributed by atoms with van der Waals surface area (Å²) in [6.45, 7) is 0.782. The van der Waals surface area contributed by atoms with Crippen molar-refractivity contribution >= 4 is 44.9 Å². The lowest BCUT2D eigenvalue weighted by Crippen LogP contribution is -2.30. The zero-order valence-electron chi connectivity index (χ0n) is 16.7. The second kappa shape index (κ2) is 9.98. The van der Waals surface area contributed by atoms with Gasteiger partial charge >= 0.3 is 0 Å². The first-order valence-corrected chi connectivity index (χ1v) is 11.5. The summed E-state index contributed by atoms with van der Waals surface area (Å²) in [7, 11) is 0. The molecule has 156 valence electrons. The van der Waals surface area contributed by atoms with Crippen LogP contribution in [-0.4, -0.2) is 22.6 Å². The number of carbonyl (C=O) groups is 2. The molecule has 2 amide bonds. The highest BCUT2D eigenvalue weighted by Gasteiger charge is 2.34. The van der Waals surface area contributed by atoms with Crippen molar-refractivity contribution in [3.8, 4) is 5.75 Å². The summed E-state index contributed by atoms with van der Waals surface area (Å²) in [6.07, 6.45) is 2.38. The molecule has 0 saturated carbocycles. The van der Waals surface area contributed by atoms with E-state index in [1.54, 1.807) is 6.08 Å². The zero-order chi connectivity index (χ0) is 21.6. The summed E-state index contributed by atoms with van der Waals surface area (Å²) in [5, 5.41) is -0.236. The lowest BCUT2D eigenvalue weighted by Gasteiger charge is -2.12. The van der Waals surface area contributed by atoms with Crippen LogP contribution >= 0.6 is 27.7 Å². The van der Waals surface area contributed by atoms with Crippen LogP contribution in [0.5, 0.6) is 5.75 Å². The van der Waals surface area contributed by atoms with Gasteiger partial charge in [-0.3, -0.25) is 14.5 Å². The third-order valence-electron chi connectivity index (χ3n) is 4.85. The molecule has 4 nitrogen and oxygen atoms in total. The van der Waals surface area contributed by atoms with E-state index < -0.39 is 0 Å². The average Bonchev–Trinajstić information content (AvgIpc) is 3.06. The normalized spacial score (nSPS) is 15.0. The van der Waals surface area contributed by atoms with Crippen molar-refractivity contribution in [1.82, 2.24) is 4.90 Å². The van der Waals surface area contributed by atoms with Gasteiger partial charge in [-0.25, -0.2) is 0 Å². The van der Waals surface area contributed by atoms with E-state index in [0.29, 0.717) is 30.2 Å². The molecule has 1 fully saturated rings. The number of ether oxygens (including phenoxy) is 1. The van der Waals surface area contributed by atoms with Crippen molar-refractivity contribution in [2.75, 3.05) is 6.54 Å². The summed E-state index contributed by atoms with van der Waals surface area (Å²) in [4.78, 5) is 27.0. The van der Waals surface area contributed by atoms with Crippen LogP contribution in [0.15, 0.2) is 88.2 Å². The van der Waals surface area contributed by atoms with Gasteiger partial charge in [0.2, 0.25) is 0 Å². The second-order valence-electron chi connectivity index (χ2n) is 7.02. The largest absolute Gasteiger partial charge is 0.488 e.